The fourth-order valence-corrected chi connectivity index (χ4v) is 3.67. The molecule has 5 nitrogen and oxygen atoms in total. The van der Waals surface area contributed by atoms with E-state index in [1.165, 1.54) is 25.8 Å². The molecule has 0 saturated heterocycles. The van der Waals surface area contributed by atoms with Crippen LogP contribution >= 0.6 is 0 Å². The van der Waals surface area contributed by atoms with Crippen molar-refractivity contribution in [2.75, 3.05) is 26.2 Å². The van der Waals surface area contributed by atoms with Crippen LogP contribution in [0.15, 0.2) is 54.0 Å². The Morgan fingerprint density at radius 2 is 2.19 bits per heavy atom. The fourth-order valence-electron chi connectivity index (χ4n) is 3.67. The van der Waals surface area contributed by atoms with Crippen molar-refractivity contribution < 1.29 is 4.74 Å². The monoisotopic (exact) mass is 350 g/mol. The molecule has 0 amide bonds. The molecule has 3 heterocycles. The van der Waals surface area contributed by atoms with Crippen LogP contribution in [0.1, 0.15) is 32.1 Å². The Morgan fingerprint density at radius 1 is 1.19 bits per heavy atom. The Labute approximate surface area is 154 Å². The summed E-state index contributed by atoms with van der Waals surface area (Å²) in [5.41, 5.74) is 5.03. The number of nitrogens with one attached hydrogen (secondary N) is 1. The highest BCUT2D eigenvalue weighted by atomic mass is 16.5. The first-order chi connectivity index (χ1) is 12.9. The number of unbranched alkanes of at least 4 members (excludes halogenated alkanes) is 1. The molecule has 136 valence electrons. The molecule has 2 aliphatic rings. The highest BCUT2D eigenvalue weighted by Gasteiger charge is 2.18. The molecule has 0 spiro atoms. The fraction of sp³-hybridized carbons (Fsp3) is 0.429. The van der Waals surface area contributed by atoms with Crippen LogP contribution < -0.4 is 4.74 Å². The van der Waals surface area contributed by atoms with Gasteiger partial charge in [0.25, 0.3) is 0 Å². The Bertz CT molecular complexity index is 779. The molecule has 4 rings (SSSR count). The van der Waals surface area contributed by atoms with Gasteiger partial charge >= 0.3 is 0 Å². The minimum Gasteiger partial charge on any atom is -0.478 e. The highest BCUT2D eigenvalue weighted by molar-refractivity contribution is 5.53. The third-order valence-corrected chi connectivity index (χ3v) is 5.13. The molecule has 0 fully saturated rings. The van der Waals surface area contributed by atoms with Crippen molar-refractivity contribution in [3.8, 4) is 17.3 Å². The number of aromatic amines is 1. The van der Waals surface area contributed by atoms with Crippen molar-refractivity contribution in [1.82, 2.24) is 19.9 Å². The number of ether oxygens (including phenoxy) is 1. The van der Waals surface area contributed by atoms with E-state index in [0.717, 1.165) is 37.3 Å². The number of hydrogen-bond acceptors (Lipinski definition) is 4. The molecule has 2 aromatic rings. The van der Waals surface area contributed by atoms with Gasteiger partial charge in [-0.15, -0.1) is 0 Å². The lowest BCUT2D eigenvalue weighted by atomic mass is 9.92. The third kappa shape index (κ3) is 4.22. The van der Waals surface area contributed by atoms with E-state index < -0.39 is 0 Å². The maximum Gasteiger partial charge on any atom is 0.213 e. The molecule has 0 radical (unpaired) electrons. The van der Waals surface area contributed by atoms with E-state index in [9.17, 15) is 0 Å². The van der Waals surface area contributed by atoms with E-state index in [2.05, 4.69) is 32.0 Å². The van der Waals surface area contributed by atoms with Gasteiger partial charge in [0, 0.05) is 19.2 Å². The number of pyridine rings is 1. The third-order valence-electron chi connectivity index (χ3n) is 5.13. The van der Waals surface area contributed by atoms with Gasteiger partial charge in [-0.25, -0.2) is 9.97 Å². The Balaban J connectivity index is 1.19. The van der Waals surface area contributed by atoms with E-state index in [4.69, 9.17) is 4.74 Å². The minimum absolute atomic E-state index is 0.678. The zero-order chi connectivity index (χ0) is 17.6. The number of H-pyrrole nitrogens is 1. The lowest BCUT2D eigenvalue weighted by Gasteiger charge is -2.31. The topological polar surface area (TPSA) is 54.0 Å². The van der Waals surface area contributed by atoms with Gasteiger partial charge in [-0.3, -0.25) is 4.90 Å². The van der Waals surface area contributed by atoms with E-state index in [1.807, 2.05) is 18.2 Å². The average Bonchev–Trinajstić information content (AvgIpc) is 3.23. The summed E-state index contributed by atoms with van der Waals surface area (Å²) < 4.78 is 5.84. The molecule has 5 heteroatoms. The summed E-state index contributed by atoms with van der Waals surface area (Å²) in [6, 6.07) is 5.84. The summed E-state index contributed by atoms with van der Waals surface area (Å²) in [6.07, 6.45) is 14.1. The lowest BCUT2D eigenvalue weighted by Crippen LogP contribution is -2.32. The second kappa shape index (κ2) is 8.32. The first-order valence-corrected chi connectivity index (χ1v) is 9.57. The lowest BCUT2D eigenvalue weighted by molar-refractivity contribution is 0.253. The van der Waals surface area contributed by atoms with Crippen LogP contribution in [-0.2, 0) is 0 Å². The quantitative estimate of drug-likeness (QED) is 0.767. The van der Waals surface area contributed by atoms with Crippen LogP contribution in [0.25, 0.3) is 11.4 Å². The van der Waals surface area contributed by atoms with Crippen LogP contribution in [0.5, 0.6) is 5.88 Å². The second-order valence-electron chi connectivity index (χ2n) is 6.98. The minimum atomic E-state index is 0.678. The van der Waals surface area contributed by atoms with Crippen molar-refractivity contribution in [3.05, 3.63) is 54.0 Å². The van der Waals surface area contributed by atoms with Gasteiger partial charge in [-0.2, -0.15) is 0 Å². The summed E-state index contributed by atoms with van der Waals surface area (Å²) in [5, 5.41) is 0. The number of aromatic nitrogens is 3. The summed E-state index contributed by atoms with van der Waals surface area (Å²) >= 11 is 0. The molecule has 0 bridgehead atoms. The predicted octanol–water partition coefficient (Wildman–Crippen LogP) is 3.98. The predicted molar refractivity (Wildman–Crippen MR) is 103 cm³/mol. The molecule has 1 N–H and O–H groups in total. The van der Waals surface area contributed by atoms with Crippen molar-refractivity contribution in [2.45, 2.75) is 32.1 Å². The van der Waals surface area contributed by atoms with Crippen LogP contribution in [0, 0.1) is 0 Å². The highest BCUT2D eigenvalue weighted by Crippen LogP contribution is 2.26. The molecular formula is C21H26N4O. The van der Waals surface area contributed by atoms with E-state index >= 15 is 0 Å². The summed E-state index contributed by atoms with van der Waals surface area (Å²) in [5.74, 6) is 0.678. The summed E-state index contributed by atoms with van der Waals surface area (Å²) in [4.78, 5) is 14.2. The molecule has 0 aromatic carbocycles. The molecule has 0 unspecified atom stereocenters. The molecule has 0 atom stereocenters. The number of nitrogens with zero attached hydrogens (tertiary/aromatic N) is 3. The van der Waals surface area contributed by atoms with Crippen LogP contribution in [0.2, 0.25) is 0 Å². The maximum absolute atomic E-state index is 5.84. The molecule has 2 aromatic heterocycles. The van der Waals surface area contributed by atoms with Crippen molar-refractivity contribution >= 4 is 0 Å². The van der Waals surface area contributed by atoms with Crippen molar-refractivity contribution in [1.29, 1.82) is 0 Å². The van der Waals surface area contributed by atoms with E-state index in [0.29, 0.717) is 12.5 Å². The Morgan fingerprint density at radius 3 is 3.12 bits per heavy atom. The number of imidazole rings is 1. The number of hydrogen-bond donors (Lipinski definition) is 1. The average molecular weight is 350 g/mol. The van der Waals surface area contributed by atoms with Gasteiger partial charge in [-0.05, 0) is 50.3 Å². The number of allylic oxidation sites excluding steroid dienone is 1. The van der Waals surface area contributed by atoms with Gasteiger partial charge in [0.15, 0.2) is 0 Å². The molecule has 1 aliphatic carbocycles. The van der Waals surface area contributed by atoms with Crippen LogP contribution in [0.4, 0.5) is 0 Å². The van der Waals surface area contributed by atoms with Gasteiger partial charge in [0.05, 0.1) is 30.5 Å². The van der Waals surface area contributed by atoms with Gasteiger partial charge < -0.3 is 9.72 Å². The molecular weight excluding hydrogens is 324 g/mol. The zero-order valence-electron chi connectivity index (χ0n) is 15.2. The van der Waals surface area contributed by atoms with Crippen LogP contribution in [-0.4, -0.2) is 46.1 Å². The van der Waals surface area contributed by atoms with Gasteiger partial charge in [0.2, 0.25) is 5.88 Å². The molecule has 26 heavy (non-hydrogen) atoms. The Kier molecular flexibility index (Phi) is 5.45. The Hall–Kier alpha value is -2.40. The van der Waals surface area contributed by atoms with Gasteiger partial charge in [0.1, 0.15) is 0 Å². The second-order valence-corrected chi connectivity index (χ2v) is 6.98. The molecule has 1 aliphatic heterocycles. The summed E-state index contributed by atoms with van der Waals surface area (Å²) in [6.45, 7) is 4.19. The normalized spacial score (nSPS) is 17.4. The molecule has 0 saturated carbocycles. The first-order valence-electron chi connectivity index (χ1n) is 9.57. The van der Waals surface area contributed by atoms with Crippen molar-refractivity contribution in [2.24, 2.45) is 0 Å². The van der Waals surface area contributed by atoms with Gasteiger partial charge in [-0.1, -0.05) is 23.8 Å². The summed E-state index contributed by atoms with van der Waals surface area (Å²) in [7, 11) is 0. The first kappa shape index (κ1) is 17.0. The smallest absolute Gasteiger partial charge is 0.213 e. The maximum atomic E-state index is 5.84. The van der Waals surface area contributed by atoms with Crippen molar-refractivity contribution in [3.63, 3.8) is 0 Å². The van der Waals surface area contributed by atoms with Crippen LogP contribution in [0.3, 0.4) is 0 Å². The largest absolute Gasteiger partial charge is 0.478 e. The zero-order valence-corrected chi connectivity index (χ0v) is 15.2. The standard InChI is InChI=1S/C21H26N4O/c1-2-7-18-15-25(12-10-17(18)6-1)11-3-4-13-26-21-9-5-8-19(24-21)20-14-22-16-23-20/h2,5,7-9,14,16H,1,3-4,6,10-13,15H2,(H,22,23). The van der Waals surface area contributed by atoms with E-state index in [-0.39, 0.29) is 0 Å². The SMILES string of the molecule is C1=CC2=C(CC1)CCN(CCCCOc1cccc(-c3cnc[nH]3)n1)C2. The number of rotatable bonds is 7. The van der Waals surface area contributed by atoms with E-state index in [1.54, 1.807) is 23.7 Å².